The van der Waals surface area contributed by atoms with Crippen molar-refractivity contribution in [2.75, 3.05) is 25.0 Å². The molecule has 1 atom stereocenters. The van der Waals surface area contributed by atoms with E-state index < -0.39 is 12.0 Å². The molecular weight excluding hydrogens is 240 g/mol. The van der Waals surface area contributed by atoms with Crippen LogP contribution in [0.5, 0.6) is 0 Å². The number of aliphatic carboxylic acids is 1. The van der Waals surface area contributed by atoms with Crippen LogP contribution in [0.3, 0.4) is 0 Å². The number of carboxylic acids is 1. The van der Waals surface area contributed by atoms with E-state index in [4.69, 9.17) is 5.11 Å². The van der Waals surface area contributed by atoms with E-state index in [1.165, 1.54) is 24.1 Å². The first-order valence-corrected chi connectivity index (χ1v) is 6.85. The lowest BCUT2D eigenvalue weighted by Crippen LogP contribution is -2.35. The standard InChI is InChI=1S/C15H22N2O2/c1-12(15(18)19)16(2)11-13-7-3-4-8-14(13)17-9-5-6-10-17/h3-4,7-8,12H,5-6,9-11H2,1-2H3,(H,18,19)/t12-/m1/s1. The van der Waals surface area contributed by atoms with Gasteiger partial charge in [-0.05, 0) is 38.4 Å². The van der Waals surface area contributed by atoms with Crippen molar-refractivity contribution in [3.05, 3.63) is 29.8 Å². The van der Waals surface area contributed by atoms with Gasteiger partial charge in [0.2, 0.25) is 0 Å². The molecule has 0 saturated carbocycles. The molecule has 104 valence electrons. The van der Waals surface area contributed by atoms with Crippen LogP contribution in [-0.4, -0.2) is 42.2 Å². The van der Waals surface area contributed by atoms with E-state index in [1.807, 2.05) is 18.0 Å². The average Bonchev–Trinajstić information content (AvgIpc) is 2.92. The Bertz CT molecular complexity index is 442. The quantitative estimate of drug-likeness (QED) is 0.883. The van der Waals surface area contributed by atoms with Gasteiger partial charge in [-0.2, -0.15) is 0 Å². The molecule has 0 unspecified atom stereocenters. The van der Waals surface area contributed by atoms with Crippen LogP contribution < -0.4 is 4.90 Å². The first kappa shape index (κ1) is 13.9. The fourth-order valence-corrected chi connectivity index (χ4v) is 2.51. The highest BCUT2D eigenvalue weighted by molar-refractivity contribution is 5.72. The maximum Gasteiger partial charge on any atom is 0.320 e. The minimum absolute atomic E-state index is 0.466. The maximum absolute atomic E-state index is 11.0. The van der Waals surface area contributed by atoms with Crippen molar-refractivity contribution in [2.24, 2.45) is 0 Å². The third-order valence-corrected chi connectivity index (χ3v) is 3.88. The summed E-state index contributed by atoms with van der Waals surface area (Å²) in [5, 5.41) is 9.06. The van der Waals surface area contributed by atoms with Crippen molar-refractivity contribution in [1.82, 2.24) is 4.90 Å². The molecule has 2 rings (SSSR count). The van der Waals surface area contributed by atoms with E-state index in [1.54, 1.807) is 6.92 Å². The summed E-state index contributed by atoms with van der Waals surface area (Å²) in [6, 6.07) is 7.84. The van der Waals surface area contributed by atoms with Gasteiger partial charge in [0.25, 0.3) is 0 Å². The van der Waals surface area contributed by atoms with Crippen LogP contribution in [0.25, 0.3) is 0 Å². The van der Waals surface area contributed by atoms with Crippen molar-refractivity contribution in [3.63, 3.8) is 0 Å². The Balaban J connectivity index is 2.13. The number of carboxylic acid groups (broad SMARTS) is 1. The number of likely N-dealkylation sites (N-methyl/N-ethyl adjacent to an activating group) is 1. The second-order valence-electron chi connectivity index (χ2n) is 5.25. The van der Waals surface area contributed by atoms with E-state index in [-0.39, 0.29) is 0 Å². The number of hydrogen-bond donors (Lipinski definition) is 1. The topological polar surface area (TPSA) is 43.8 Å². The fraction of sp³-hybridized carbons (Fsp3) is 0.533. The van der Waals surface area contributed by atoms with Crippen molar-refractivity contribution in [3.8, 4) is 0 Å². The first-order valence-electron chi connectivity index (χ1n) is 6.85. The molecule has 1 aliphatic heterocycles. The SMILES string of the molecule is C[C@H](C(=O)O)N(C)Cc1ccccc1N1CCCC1. The highest BCUT2D eigenvalue weighted by Crippen LogP contribution is 2.25. The van der Waals surface area contributed by atoms with Crippen LogP contribution in [0.4, 0.5) is 5.69 Å². The number of nitrogens with zero attached hydrogens (tertiary/aromatic N) is 2. The molecule has 0 radical (unpaired) electrons. The Morgan fingerprint density at radius 2 is 2.00 bits per heavy atom. The molecular formula is C15H22N2O2. The zero-order valence-corrected chi connectivity index (χ0v) is 11.7. The number of carbonyl (C=O) groups is 1. The summed E-state index contributed by atoms with van der Waals surface area (Å²) in [7, 11) is 1.86. The molecule has 19 heavy (non-hydrogen) atoms. The predicted molar refractivity (Wildman–Crippen MR) is 76.5 cm³/mol. The molecule has 4 nitrogen and oxygen atoms in total. The Labute approximate surface area is 114 Å². The summed E-state index contributed by atoms with van der Waals surface area (Å²) in [4.78, 5) is 15.3. The molecule has 0 amide bonds. The van der Waals surface area contributed by atoms with Gasteiger partial charge < -0.3 is 10.0 Å². The summed E-state index contributed by atoms with van der Waals surface area (Å²) < 4.78 is 0. The molecule has 0 aliphatic carbocycles. The molecule has 1 heterocycles. The lowest BCUT2D eigenvalue weighted by Gasteiger charge is -2.26. The van der Waals surface area contributed by atoms with Gasteiger partial charge in [0, 0.05) is 25.3 Å². The number of benzene rings is 1. The van der Waals surface area contributed by atoms with E-state index in [2.05, 4.69) is 23.1 Å². The van der Waals surface area contributed by atoms with Crippen LogP contribution in [0.15, 0.2) is 24.3 Å². The van der Waals surface area contributed by atoms with E-state index in [0.717, 1.165) is 13.1 Å². The largest absolute Gasteiger partial charge is 0.480 e. The maximum atomic E-state index is 11.0. The van der Waals surface area contributed by atoms with Crippen LogP contribution in [0, 0.1) is 0 Å². The lowest BCUT2D eigenvalue weighted by molar-refractivity contribution is -0.142. The van der Waals surface area contributed by atoms with Crippen LogP contribution in [0.2, 0.25) is 0 Å². The van der Waals surface area contributed by atoms with Crippen molar-refractivity contribution < 1.29 is 9.90 Å². The summed E-state index contributed by atoms with van der Waals surface area (Å²) in [6.45, 7) is 4.60. The Morgan fingerprint density at radius 1 is 1.37 bits per heavy atom. The monoisotopic (exact) mass is 262 g/mol. The molecule has 1 aromatic rings. The first-order chi connectivity index (χ1) is 9.09. The van der Waals surface area contributed by atoms with Gasteiger partial charge in [0.1, 0.15) is 6.04 Å². The molecule has 1 aliphatic rings. The number of anilines is 1. The number of para-hydroxylation sites is 1. The van der Waals surface area contributed by atoms with Gasteiger partial charge in [-0.1, -0.05) is 18.2 Å². The Hall–Kier alpha value is -1.55. The highest BCUT2D eigenvalue weighted by Gasteiger charge is 2.20. The third-order valence-electron chi connectivity index (χ3n) is 3.88. The average molecular weight is 262 g/mol. The molecule has 0 aromatic heterocycles. The fourth-order valence-electron chi connectivity index (χ4n) is 2.51. The van der Waals surface area contributed by atoms with Crippen LogP contribution in [0.1, 0.15) is 25.3 Å². The second-order valence-corrected chi connectivity index (χ2v) is 5.25. The van der Waals surface area contributed by atoms with E-state index in [9.17, 15) is 4.79 Å². The summed E-state index contributed by atoms with van der Waals surface area (Å²) in [5.41, 5.74) is 2.46. The molecule has 1 aromatic carbocycles. The van der Waals surface area contributed by atoms with Gasteiger partial charge in [0.05, 0.1) is 0 Å². The van der Waals surface area contributed by atoms with Gasteiger partial charge in [-0.15, -0.1) is 0 Å². The zero-order chi connectivity index (χ0) is 13.8. The van der Waals surface area contributed by atoms with Gasteiger partial charge in [0.15, 0.2) is 0 Å². The second kappa shape index (κ2) is 6.06. The van der Waals surface area contributed by atoms with E-state index >= 15 is 0 Å². The highest BCUT2D eigenvalue weighted by atomic mass is 16.4. The van der Waals surface area contributed by atoms with Crippen molar-refractivity contribution in [2.45, 2.75) is 32.4 Å². The van der Waals surface area contributed by atoms with E-state index in [0.29, 0.717) is 6.54 Å². The van der Waals surface area contributed by atoms with Gasteiger partial charge >= 0.3 is 5.97 Å². The Morgan fingerprint density at radius 3 is 2.63 bits per heavy atom. The smallest absolute Gasteiger partial charge is 0.320 e. The minimum atomic E-state index is -0.777. The van der Waals surface area contributed by atoms with Crippen LogP contribution >= 0.6 is 0 Å². The molecule has 1 fully saturated rings. The predicted octanol–water partition coefficient (Wildman–Crippen LogP) is 2.19. The van der Waals surface area contributed by atoms with Crippen LogP contribution in [-0.2, 0) is 11.3 Å². The summed E-state index contributed by atoms with van der Waals surface area (Å²) >= 11 is 0. The minimum Gasteiger partial charge on any atom is -0.480 e. The van der Waals surface area contributed by atoms with Gasteiger partial charge in [-0.25, -0.2) is 0 Å². The van der Waals surface area contributed by atoms with Crippen molar-refractivity contribution in [1.29, 1.82) is 0 Å². The summed E-state index contributed by atoms with van der Waals surface area (Å²) in [6.07, 6.45) is 2.49. The zero-order valence-electron chi connectivity index (χ0n) is 11.7. The van der Waals surface area contributed by atoms with Gasteiger partial charge in [-0.3, -0.25) is 9.69 Å². The lowest BCUT2D eigenvalue weighted by atomic mass is 10.1. The third kappa shape index (κ3) is 3.26. The van der Waals surface area contributed by atoms with Crippen molar-refractivity contribution >= 4 is 11.7 Å². The number of hydrogen-bond acceptors (Lipinski definition) is 3. The molecule has 0 spiro atoms. The summed E-state index contributed by atoms with van der Waals surface area (Å²) in [5.74, 6) is -0.777. The normalized spacial score (nSPS) is 16.9. The number of rotatable bonds is 5. The molecule has 0 bridgehead atoms. The molecule has 4 heteroatoms. The Kier molecular flexibility index (Phi) is 4.43. The molecule has 1 saturated heterocycles. The molecule has 1 N–H and O–H groups in total.